The van der Waals surface area contributed by atoms with Crippen LogP contribution in [0.2, 0.25) is 0 Å². The average molecular weight is 474 g/mol. The van der Waals surface area contributed by atoms with Gasteiger partial charge in [-0.2, -0.15) is 5.10 Å². The number of ether oxygens (including phenoxy) is 1. The van der Waals surface area contributed by atoms with Crippen LogP contribution in [0, 0.1) is 50.5 Å². The van der Waals surface area contributed by atoms with Crippen molar-refractivity contribution in [2.75, 3.05) is 13.7 Å². The van der Waals surface area contributed by atoms with Gasteiger partial charge in [0, 0.05) is 13.0 Å². The van der Waals surface area contributed by atoms with Crippen LogP contribution >= 0.6 is 0 Å². The highest BCUT2D eigenvalue weighted by Gasteiger charge is 2.63. The van der Waals surface area contributed by atoms with Gasteiger partial charge in [-0.3, -0.25) is 19.6 Å². The highest BCUT2D eigenvalue weighted by molar-refractivity contribution is 5.82. The largest absolute Gasteiger partial charge is 0.390 e. The lowest BCUT2D eigenvalue weighted by Gasteiger charge is -2.62. The fourth-order valence-corrected chi connectivity index (χ4v) is 9.12. The number of methoxy groups -OCH3 is 1. The topological polar surface area (TPSA) is 107 Å². The number of aliphatic hydroxyl groups is 1. The van der Waals surface area contributed by atoms with Crippen molar-refractivity contribution < 1.29 is 19.6 Å². The Balaban J connectivity index is 1.35. The van der Waals surface area contributed by atoms with E-state index in [0.717, 1.165) is 58.0 Å². The van der Waals surface area contributed by atoms with Crippen LogP contribution in [0.15, 0.2) is 12.4 Å². The van der Waals surface area contributed by atoms with Crippen LogP contribution < -0.4 is 0 Å². The molecule has 8 atom stereocenters. The molecule has 4 aliphatic carbocycles. The number of hydrogen-bond donors (Lipinski definition) is 1. The zero-order valence-electron chi connectivity index (χ0n) is 20.7. The molecule has 0 unspecified atom stereocenters. The number of fused-ring (bicyclic) bond motifs is 5. The van der Waals surface area contributed by atoms with Crippen LogP contribution in [0.4, 0.5) is 5.69 Å². The van der Waals surface area contributed by atoms with Gasteiger partial charge < -0.3 is 9.84 Å². The van der Waals surface area contributed by atoms with Crippen molar-refractivity contribution in [1.29, 1.82) is 0 Å². The van der Waals surface area contributed by atoms with E-state index in [4.69, 9.17) is 4.74 Å². The molecule has 188 valence electrons. The van der Waals surface area contributed by atoms with E-state index in [9.17, 15) is 20.0 Å². The van der Waals surface area contributed by atoms with Crippen molar-refractivity contribution in [2.45, 2.75) is 83.8 Å². The zero-order valence-corrected chi connectivity index (χ0v) is 20.7. The molecule has 0 bridgehead atoms. The second kappa shape index (κ2) is 8.40. The Morgan fingerprint density at radius 3 is 2.71 bits per heavy atom. The average Bonchev–Trinajstić information content (AvgIpc) is 3.38. The highest BCUT2D eigenvalue weighted by Crippen LogP contribution is 2.68. The predicted octanol–water partition coefficient (Wildman–Crippen LogP) is 4.40. The zero-order chi connectivity index (χ0) is 24.3. The van der Waals surface area contributed by atoms with E-state index in [1.54, 1.807) is 0 Å². The van der Waals surface area contributed by atoms with Gasteiger partial charge in [0.1, 0.15) is 18.9 Å². The minimum atomic E-state index is -0.565. The van der Waals surface area contributed by atoms with Crippen molar-refractivity contribution in [3.8, 4) is 0 Å². The first-order chi connectivity index (χ1) is 16.1. The molecule has 0 aromatic carbocycles. The fourth-order valence-electron chi connectivity index (χ4n) is 9.12. The summed E-state index contributed by atoms with van der Waals surface area (Å²) in [4.78, 5) is 23.9. The molecular weight excluding hydrogens is 434 g/mol. The van der Waals surface area contributed by atoms with E-state index in [1.807, 2.05) is 14.0 Å². The van der Waals surface area contributed by atoms with Crippen LogP contribution in [0.3, 0.4) is 0 Å². The van der Waals surface area contributed by atoms with E-state index in [0.29, 0.717) is 23.7 Å². The maximum absolute atomic E-state index is 13.4. The van der Waals surface area contributed by atoms with Crippen LogP contribution in [0.25, 0.3) is 0 Å². The summed E-state index contributed by atoms with van der Waals surface area (Å²) in [6.07, 6.45) is 11.8. The minimum absolute atomic E-state index is 0.00936. The molecule has 34 heavy (non-hydrogen) atoms. The molecule has 4 aliphatic rings. The number of carbonyl (C=O) groups excluding carboxylic acids is 1. The number of aromatic nitrogens is 2. The first kappa shape index (κ1) is 23.9. The maximum atomic E-state index is 13.4. The molecule has 0 saturated heterocycles. The number of nitrogens with zero attached hydrogens (tertiary/aromatic N) is 3. The Morgan fingerprint density at radius 1 is 1.21 bits per heavy atom. The van der Waals surface area contributed by atoms with Crippen molar-refractivity contribution in [3.63, 3.8) is 0 Å². The molecule has 1 heterocycles. The number of nitro groups is 1. The summed E-state index contributed by atoms with van der Waals surface area (Å²) in [5, 5.41) is 25.8. The third-order valence-corrected chi connectivity index (χ3v) is 10.6. The molecule has 4 fully saturated rings. The molecule has 5 rings (SSSR count). The SMILES string of the molecule is COC[C@]12CC[C@@](C)(O)C[C@H]1CC[C@H]1[C@@H]3CC[C@H](C(=O)Cn4cc([N+](=O)[O-])cn4)[C@@]3(C)CC[C@@H]12. The molecule has 1 aromatic heterocycles. The number of rotatable bonds is 6. The van der Waals surface area contributed by atoms with Crippen molar-refractivity contribution in [1.82, 2.24) is 9.78 Å². The first-order valence-corrected chi connectivity index (χ1v) is 13.0. The normalized spacial score (nSPS) is 43.6. The van der Waals surface area contributed by atoms with Crippen LogP contribution in [-0.4, -0.2) is 44.9 Å². The molecule has 1 aromatic rings. The standard InChI is InChI=1S/C26H39N3O5/c1-24(31)10-11-26(16-34-3)17(12-24)4-5-19-20-6-7-22(25(20,2)9-8-21(19)26)23(30)15-28-14-18(13-27-28)29(32)33/h13-14,17,19-22,31H,4-12,15-16H2,1-3H3/t17-,19+,20+,21+,22-,24-,25+,26-/m1/s1. The minimum Gasteiger partial charge on any atom is -0.390 e. The van der Waals surface area contributed by atoms with E-state index in [2.05, 4.69) is 12.0 Å². The van der Waals surface area contributed by atoms with E-state index >= 15 is 0 Å². The van der Waals surface area contributed by atoms with Gasteiger partial charge in [0.25, 0.3) is 0 Å². The summed E-state index contributed by atoms with van der Waals surface area (Å²) in [6, 6.07) is 0. The maximum Gasteiger partial charge on any atom is 0.307 e. The first-order valence-electron chi connectivity index (χ1n) is 13.0. The van der Waals surface area contributed by atoms with Crippen molar-refractivity contribution in [3.05, 3.63) is 22.5 Å². The summed E-state index contributed by atoms with van der Waals surface area (Å²) in [5.41, 5.74) is -0.504. The monoisotopic (exact) mass is 473 g/mol. The van der Waals surface area contributed by atoms with E-state index in [-0.39, 0.29) is 34.8 Å². The summed E-state index contributed by atoms with van der Waals surface area (Å²) >= 11 is 0. The lowest BCUT2D eigenvalue weighted by Crippen LogP contribution is -2.58. The van der Waals surface area contributed by atoms with Crippen molar-refractivity contribution in [2.24, 2.45) is 40.4 Å². The summed E-state index contributed by atoms with van der Waals surface area (Å²) < 4.78 is 7.27. The molecule has 0 aliphatic heterocycles. The lowest BCUT2D eigenvalue weighted by molar-refractivity contribution is -0.385. The lowest BCUT2D eigenvalue weighted by atomic mass is 9.43. The number of Topliss-reactive ketones (excluding diaryl/α,β-unsaturated/α-hetero) is 1. The summed E-state index contributed by atoms with van der Waals surface area (Å²) in [7, 11) is 1.82. The fraction of sp³-hybridized carbons (Fsp3) is 0.846. The van der Waals surface area contributed by atoms with Gasteiger partial charge in [0.2, 0.25) is 0 Å². The van der Waals surface area contributed by atoms with Gasteiger partial charge in [0.05, 0.1) is 17.1 Å². The molecule has 0 amide bonds. The predicted molar refractivity (Wildman–Crippen MR) is 126 cm³/mol. The van der Waals surface area contributed by atoms with Gasteiger partial charge in [-0.15, -0.1) is 0 Å². The number of ketones is 1. The second-order valence-electron chi connectivity index (χ2n) is 12.3. The smallest absolute Gasteiger partial charge is 0.307 e. The molecule has 0 radical (unpaired) electrons. The van der Waals surface area contributed by atoms with Crippen LogP contribution in [0.1, 0.15) is 71.6 Å². The molecule has 4 saturated carbocycles. The Hall–Kier alpha value is -1.80. The van der Waals surface area contributed by atoms with Gasteiger partial charge in [0.15, 0.2) is 5.78 Å². The van der Waals surface area contributed by atoms with E-state index in [1.165, 1.54) is 23.5 Å². The number of hydrogen-bond acceptors (Lipinski definition) is 6. The van der Waals surface area contributed by atoms with Gasteiger partial charge in [-0.1, -0.05) is 6.92 Å². The molecule has 8 nitrogen and oxygen atoms in total. The number of carbonyl (C=O) groups is 1. The quantitative estimate of drug-likeness (QED) is 0.485. The van der Waals surface area contributed by atoms with E-state index < -0.39 is 10.5 Å². The summed E-state index contributed by atoms with van der Waals surface area (Å²) in [5.74, 6) is 2.40. The van der Waals surface area contributed by atoms with Crippen LogP contribution in [-0.2, 0) is 16.1 Å². The Labute approximate surface area is 201 Å². The second-order valence-corrected chi connectivity index (χ2v) is 12.3. The Kier molecular flexibility index (Phi) is 5.91. The van der Waals surface area contributed by atoms with Crippen LogP contribution in [0.5, 0.6) is 0 Å². The van der Waals surface area contributed by atoms with Gasteiger partial charge >= 0.3 is 5.69 Å². The van der Waals surface area contributed by atoms with Gasteiger partial charge in [-0.05, 0) is 99.2 Å². The van der Waals surface area contributed by atoms with Crippen molar-refractivity contribution >= 4 is 11.5 Å². The highest BCUT2D eigenvalue weighted by atomic mass is 16.6. The van der Waals surface area contributed by atoms with Gasteiger partial charge in [-0.25, -0.2) is 0 Å². The third kappa shape index (κ3) is 3.72. The molecule has 8 heteroatoms. The molecule has 1 N–H and O–H groups in total. The third-order valence-electron chi connectivity index (χ3n) is 10.6. The molecule has 0 spiro atoms. The summed E-state index contributed by atoms with van der Waals surface area (Å²) in [6.45, 7) is 5.21. The Morgan fingerprint density at radius 2 is 2.00 bits per heavy atom. The molecular formula is C26H39N3O5. The Bertz CT molecular complexity index is 960.